The second-order valence-electron chi connectivity index (χ2n) is 6.73. The predicted molar refractivity (Wildman–Crippen MR) is 88.5 cm³/mol. The van der Waals surface area contributed by atoms with E-state index in [1.807, 2.05) is 19.9 Å². The Labute approximate surface area is 137 Å². The van der Waals surface area contributed by atoms with Gasteiger partial charge in [-0.25, -0.2) is 8.42 Å². The molecule has 126 valence electrons. The van der Waals surface area contributed by atoms with Gasteiger partial charge in [0.1, 0.15) is 5.75 Å². The quantitative estimate of drug-likeness (QED) is 0.823. The van der Waals surface area contributed by atoms with Crippen molar-refractivity contribution in [1.29, 1.82) is 0 Å². The van der Waals surface area contributed by atoms with E-state index < -0.39 is 21.2 Å². The molecule has 0 spiro atoms. The molecular formula is C17H23NO4S. The Kier molecular flexibility index (Phi) is 4.12. The molecule has 2 heterocycles. The number of aryl methyl sites for hydroxylation is 2. The highest BCUT2D eigenvalue weighted by molar-refractivity contribution is 7.91. The fourth-order valence-corrected chi connectivity index (χ4v) is 4.39. The van der Waals surface area contributed by atoms with E-state index in [-0.39, 0.29) is 12.5 Å². The molecule has 0 aromatic heterocycles. The van der Waals surface area contributed by atoms with Crippen molar-refractivity contribution in [3.05, 3.63) is 28.8 Å². The van der Waals surface area contributed by atoms with Crippen LogP contribution in [0.4, 0.5) is 0 Å². The smallest absolute Gasteiger partial charge is 0.264 e. The Morgan fingerprint density at radius 2 is 1.96 bits per heavy atom. The van der Waals surface area contributed by atoms with Crippen molar-refractivity contribution in [3.63, 3.8) is 0 Å². The number of rotatable bonds is 2. The van der Waals surface area contributed by atoms with Gasteiger partial charge in [0.2, 0.25) is 0 Å². The largest absolute Gasteiger partial charge is 0.480 e. The van der Waals surface area contributed by atoms with Crippen molar-refractivity contribution in [1.82, 2.24) is 4.90 Å². The molecule has 3 rings (SSSR count). The van der Waals surface area contributed by atoms with Gasteiger partial charge in [0.15, 0.2) is 15.9 Å². The number of nitrogens with zero attached hydrogens (tertiary/aromatic N) is 1. The van der Waals surface area contributed by atoms with E-state index in [2.05, 4.69) is 6.07 Å². The number of carbonyl (C=O) groups excluding carboxylic acids is 1. The Bertz CT molecular complexity index is 710. The van der Waals surface area contributed by atoms with Crippen LogP contribution in [0.1, 0.15) is 29.5 Å². The third-order valence-electron chi connectivity index (χ3n) is 4.92. The van der Waals surface area contributed by atoms with Gasteiger partial charge in [-0.05, 0) is 49.4 Å². The van der Waals surface area contributed by atoms with E-state index in [0.717, 1.165) is 23.3 Å². The van der Waals surface area contributed by atoms with Gasteiger partial charge in [0.05, 0.1) is 5.25 Å². The Hall–Kier alpha value is -1.56. The van der Waals surface area contributed by atoms with Gasteiger partial charge < -0.3 is 9.64 Å². The highest BCUT2D eigenvalue weighted by Gasteiger charge is 2.36. The van der Waals surface area contributed by atoms with Crippen LogP contribution in [0.2, 0.25) is 0 Å². The van der Waals surface area contributed by atoms with Gasteiger partial charge >= 0.3 is 0 Å². The molecule has 0 bridgehead atoms. The van der Waals surface area contributed by atoms with Gasteiger partial charge in [0, 0.05) is 25.8 Å². The number of amides is 1. The Morgan fingerprint density at radius 1 is 1.26 bits per heavy atom. The van der Waals surface area contributed by atoms with E-state index in [4.69, 9.17) is 4.74 Å². The van der Waals surface area contributed by atoms with E-state index in [1.165, 1.54) is 11.8 Å². The van der Waals surface area contributed by atoms with Gasteiger partial charge in [-0.15, -0.1) is 0 Å². The summed E-state index contributed by atoms with van der Waals surface area (Å²) in [5.41, 5.74) is 3.39. The molecule has 0 radical (unpaired) electrons. The van der Waals surface area contributed by atoms with Crippen molar-refractivity contribution in [2.75, 3.05) is 19.3 Å². The topological polar surface area (TPSA) is 63.7 Å². The fourth-order valence-electron chi connectivity index (χ4n) is 3.34. The summed E-state index contributed by atoms with van der Waals surface area (Å²) in [6.07, 6.45) is 2.65. The molecule has 1 aromatic carbocycles. The summed E-state index contributed by atoms with van der Waals surface area (Å²) < 4.78 is 29.4. The van der Waals surface area contributed by atoms with Crippen LogP contribution in [0.15, 0.2) is 12.1 Å². The zero-order valence-electron chi connectivity index (χ0n) is 13.8. The third-order valence-corrected chi connectivity index (χ3v) is 6.52. The zero-order valence-corrected chi connectivity index (χ0v) is 14.6. The SMILES string of the molecule is Cc1cc2c(cc1C)O[C@H](C(=O)N1CCC[C@H](S(C)(=O)=O)C1)C2. The minimum absolute atomic E-state index is 0.0927. The van der Waals surface area contributed by atoms with E-state index in [9.17, 15) is 13.2 Å². The van der Waals surface area contributed by atoms with Gasteiger partial charge in [-0.1, -0.05) is 6.07 Å². The number of carbonyl (C=O) groups is 1. The van der Waals surface area contributed by atoms with Crippen LogP contribution in [0, 0.1) is 13.8 Å². The molecule has 2 atom stereocenters. The number of hydrogen-bond acceptors (Lipinski definition) is 4. The molecule has 2 aliphatic rings. The summed E-state index contributed by atoms with van der Waals surface area (Å²) in [4.78, 5) is 14.4. The Balaban J connectivity index is 1.72. The van der Waals surface area contributed by atoms with Crippen molar-refractivity contribution < 1.29 is 17.9 Å². The molecule has 5 nitrogen and oxygen atoms in total. The molecule has 2 aliphatic heterocycles. The average molecular weight is 337 g/mol. The lowest BCUT2D eigenvalue weighted by Crippen LogP contribution is -2.49. The molecule has 1 amide bonds. The maximum atomic E-state index is 12.7. The lowest BCUT2D eigenvalue weighted by Gasteiger charge is -2.33. The number of hydrogen-bond donors (Lipinski definition) is 0. The fraction of sp³-hybridized carbons (Fsp3) is 0.588. The minimum atomic E-state index is -3.12. The Morgan fingerprint density at radius 3 is 2.65 bits per heavy atom. The maximum absolute atomic E-state index is 12.7. The number of sulfone groups is 1. The molecule has 0 unspecified atom stereocenters. The minimum Gasteiger partial charge on any atom is -0.480 e. The van der Waals surface area contributed by atoms with E-state index >= 15 is 0 Å². The molecule has 6 heteroatoms. The monoisotopic (exact) mass is 337 g/mol. The van der Waals surface area contributed by atoms with Gasteiger partial charge in [-0.2, -0.15) is 0 Å². The number of piperidine rings is 1. The van der Waals surface area contributed by atoms with Crippen molar-refractivity contribution in [2.24, 2.45) is 0 Å². The molecule has 23 heavy (non-hydrogen) atoms. The van der Waals surface area contributed by atoms with Crippen LogP contribution in [0.3, 0.4) is 0 Å². The molecule has 1 saturated heterocycles. The first kappa shape index (κ1) is 16.3. The van der Waals surface area contributed by atoms with E-state index in [1.54, 1.807) is 4.90 Å². The zero-order chi connectivity index (χ0) is 16.8. The highest BCUT2D eigenvalue weighted by Crippen LogP contribution is 2.32. The van der Waals surface area contributed by atoms with E-state index in [0.29, 0.717) is 19.4 Å². The molecule has 1 fully saturated rings. The van der Waals surface area contributed by atoms with Crippen LogP contribution in [0.5, 0.6) is 5.75 Å². The van der Waals surface area contributed by atoms with Crippen molar-refractivity contribution in [3.8, 4) is 5.75 Å². The maximum Gasteiger partial charge on any atom is 0.264 e. The first-order valence-corrected chi connectivity index (χ1v) is 9.95. The molecule has 0 aliphatic carbocycles. The lowest BCUT2D eigenvalue weighted by molar-refractivity contribution is -0.138. The summed E-state index contributed by atoms with van der Waals surface area (Å²) in [6, 6.07) is 4.06. The van der Waals surface area contributed by atoms with Crippen LogP contribution in [-0.2, 0) is 21.1 Å². The van der Waals surface area contributed by atoms with Crippen LogP contribution in [0.25, 0.3) is 0 Å². The van der Waals surface area contributed by atoms with Gasteiger partial charge in [-0.3, -0.25) is 4.79 Å². The lowest BCUT2D eigenvalue weighted by atomic mass is 10.0. The number of likely N-dealkylation sites (tertiary alicyclic amines) is 1. The second kappa shape index (κ2) is 5.82. The summed E-state index contributed by atoms with van der Waals surface area (Å²) in [7, 11) is -3.12. The number of benzene rings is 1. The highest BCUT2D eigenvalue weighted by atomic mass is 32.2. The first-order valence-electron chi connectivity index (χ1n) is 8.00. The van der Waals surface area contributed by atoms with Crippen LogP contribution >= 0.6 is 0 Å². The normalized spacial score (nSPS) is 24.2. The molecule has 1 aromatic rings. The van der Waals surface area contributed by atoms with Gasteiger partial charge in [0.25, 0.3) is 5.91 Å². The summed E-state index contributed by atoms with van der Waals surface area (Å²) in [5.74, 6) is 0.688. The number of ether oxygens (including phenoxy) is 1. The summed E-state index contributed by atoms with van der Waals surface area (Å²) >= 11 is 0. The third kappa shape index (κ3) is 3.22. The van der Waals surface area contributed by atoms with Crippen LogP contribution in [-0.4, -0.2) is 49.9 Å². The van der Waals surface area contributed by atoms with Crippen molar-refractivity contribution in [2.45, 2.75) is 44.5 Å². The average Bonchev–Trinajstić information content (AvgIpc) is 2.89. The van der Waals surface area contributed by atoms with Crippen LogP contribution < -0.4 is 4.74 Å². The second-order valence-corrected chi connectivity index (χ2v) is 9.06. The molecule has 0 N–H and O–H groups in total. The predicted octanol–water partition coefficient (Wildman–Crippen LogP) is 1.64. The molecule has 0 saturated carbocycles. The first-order chi connectivity index (χ1) is 10.8. The summed E-state index contributed by atoms with van der Waals surface area (Å²) in [5, 5.41) is -0.450. The summed E-state index contributed by atoms with van der Waals surface area (Å²) in [6.45, 7) is 4.96. The molecular weight excluding hydrogens is 314 g/mol. The van der Waals surface area contributed by atoms with Crippen molar-refractivity contribution >= 4 is 15.7 Å². The standard InChI is InChI=1S/C17H23NO4S/c1-11-7-13-9-16(22-15(13)8-12(11)2)17(19)18-6-4-5-14(10-18)23(3,20)21/h7-8,14,16H,4-6,9-10H2,1-3H3/t14-,16-/m0/s1. The number of fused-ring (bicyclic) bond motifs is 1.